The lowest BCUT2D eigenvalue weighted by atomic mass is 10.2. The summed E-state index contributed by atoms with van der Waals surface area (Å²) in [7, 11) is 0. The van der Waals surface area contributed by atoms with Gasteiger partial charge in [-0.3, -0.25) is 9.69 Å². The first-order valence-electron chi connectivity index (χ1n) is 9.20. The van der Waals surface area contributed by atoms with Crippen molar-refractivity contribution in [2.24, 2.45) is 0 Å². The van der Waals surface area contributed by atoms with E-state index in [0.29, 0.717) is 12.1 Å². The molecule has 1 aliphatic heterocycles. The molecule has 0 radical (unpaired) electrons. The van der Waals surface area contributed by atoms with E-state index in [1.165, 1.54) is 4.90 Å². The van der Waals surface area contributed by atoms with Crippen molar-refractivity contribution in [2.75, 3.05) is 30.6 Å². The number of anilines is 1. The van der Waals surface area contributed by atoms with Crippen LogP contribution in [0.25, 0.3) is 10.2 Å². The minimum atomic E-state index is -0.0210. The molecule has 1 saturated heterocycles. The molecule has 0 spiro atoms. The number of hydrogen-bond donors (Lipinski definition) is 0. The van der Waals surface area contributed by atoms with Crippen LogP contribution in [0.3, 0.4) is 0 Å². The molecule has 28 heavy (non-hydrogen) atoms. The second kappa shape index (κ2) is 8.86. The van der Waals surface area contributed by atoms with Gasteiger partial charge in [-0.05, 0) is 67.8 Å². The molecule has 1 fully saturated rings. The number of fused-ring (bicyclic) bond motifs is 1. The molecule has 7 heteroatoms. The number of hydrogen-bond acceptors (Lipinski definition) is 6. The van der Waals surface area contributed by atoms with Crippen molar-refractivity contribution in [3.05, 3.63) is 48.0 Å². The number of benzene rings is 2. The van der Waals surface area contributed by atoms with E-state index in [4.69, 9.17) is 9.72 Å². The maximum atomic E-state index is 13.4. The average Bonchev–Trinajstić information content (AvgIpc) is 3.40. The van der Waals surface area contributed by atoms with Crippen LogP contribution in [-0.2, 0) is 4.74 Å². The molecule has 2 aromatic carbocycles. The van der Waals surface area contributed by atoms with Crippen molar-refractivity contribution in [3.63, 3.8) is 0 Å². The fourth-order valence-electron chi connectivity index (χ4n) is 3.26. The normalized spacial score (nSPS) is 16.6. The Hall–Kier alpha value is -1.54. The zero-order chi connectivity index (χ0) is 19.5. The minimum Gasteiger partial charge on any atom is -0.376 e. The van der Waals surface area contributed by atoms with Crippen LogP contribution >= 0.6 is 34.9 Å². The van der Waals surface area contributed by atoms with Crippen LogP contribution in [0, 0.1) is 0 Å². The molecule has 4 nitrogen and oxygen atoms in total. The van der Waals surface area contributed by atoms with E-state index in [2.05, 4.69) is 18.4 Å². The molecule has 0 N–H and O–H groups in total. The molecule has 1 amide bonds. The van der Waals surface area contributed by atoms with Gasteiger partial charge in [-0.2, -0.15) is 0 Å². The van der Waals surface area contributed by atoms with Crippen LogP contribution in [-0.4, -0.2) is 42.7 Å². The van der Waals surface area contributed by atoms with E-state index < -0.39 is 0 Å². The lowest BCUT2D eigenvalue weighted by Crippen LogP contribution is -2.37. The molecule has 1 atom stereocenters. The highest BCUT2D eigenvalue weighted by molar-refractivity contribution is 7.98. The van der Waals surface area contributed by atoms with Crippen molar-refractivity contribution in [1.29, 1.82) is 0 Å². The molecule has 0 saturated carbocycles. The zero-order valence-electron chi connectivity index (χ0n) is 15.9. The van der Waals surface area contributed by atoms with E-state index >= 15 is 0 Å². The predicted octanol–water partition coefficient (Wildman–Crippen LogP) is 5.57. The molecule has 2 heterocycles. The first-order valence-corrected chi connectivity index (χ1v) is 12.5. The average molecular weight is 431 g/mol. The number of thiazole rings is 1. The molecule has 0 aliphatic carbocycles. The van der Waals surface area contributed by atoms with Crippen LogP contribution in [0.4, 0.5) is 5.13 Å². The largest absolute Gasteiger partial charge is 0.376 e. The van der Waals surface area contributed by atoms with Crippen molar-refractivity contribution >= 4 is 56.1 Å². The molecular weight excluding hydrogens is 408 g/mol. The SMILES string of the molecule is CSc1ccc(C(=O)N(CC2CCCO2)c2nc3ccc(SC)cc3s2)cc1. The number of carbonyl (C=O) groups is 1. The quantitative estimate of drug-likeness (QED) is 0.479. The number of aromatic nitrogens is 1. The molecule has 1 aliphatic rings. The van der Waals surface area contributed by atoms with Crippen LogP contribution < -0.4 is 4.90 Å². The highest BCUT2D eigenvalue weighted by atomic mass is 32.2. The van der Waals surface area contributed by atoms with Crippen molar-refractivity contribution in [3.8, 4) is 0 Å². The monoisotopic (exact) mass is 430 g/mol. The highest BCUT2D eigenvalue weighted by Crippen LogP contribution is 2.33. The van der Waals surface area contributed by atoms with Gasteiger partial charge in [-0.1, -0.05) is 11.3 Å². The lowest BCUT2D eigenvalue weighted by molar-refractivity contribution is 0.0917. The highest BCUT2D eigenvalue weighted by Gasteiger charge is 2.27. The summed E-state index contributed by atoms with van der Waals surface area (Å²) in [5.41, 5.74) is 1.61. The number of amides is 1. The maximum Gasteiger partial charge on any atom is 0.260 e. The summed E-state index contributed by atoms with van der Waals surface area (Å²) in [4.78, 5) is 22.3. The second-order valence-electron chi connectivity index (χ2n) is 6.61. The summed E-state index contributed by atoms with van der Waals surface area (Å²) in [6, 6.07) is 14.0. The van der Waals surface area contributed by atoms with Gasteiger partial charge < -0.3 is 4.74 Å². The number of nitrogens with zero attached hydrogens (tertiary/aromatic N) is 2. The van der Waals surface area contributed by atoms with E-state index in [0.717, 1.165) is 39.7 Å². The summed E-state index contributed by atoms with van der Waals surface area (Å²) < 4.78 is 6.92. The van der Waals surface area contributed by atoms with E-state index in [1.807, 2.05) is 36.6 Å². The van der Waals surface area contributed by atoms with Gasteiger partial charge in [0.1, 0.15) is 0 Å². The first kappa shape index (κ1) is 19.8. The van der Waals surface area contributed by atoms with Crippen LogP contribution in [0.5, 0.6) is 0 Å². The number of thioether (sulfide) groups is 2. The second-order valence-corrected chi connectivity index (χ2v) is 9.38. The Morgan fingerprint density at radius 2 is 1.93 bits per heavy atom. The molecule has 1 unspecified atom stereocenters. The third kappa shape index (κ3) is 4.22. The van der Waals surface area contributed by atoms with Gasteiger partial charge in [0.25, 0.3) is 5.91 Å². The Balaban J connectivity index is 1.68. The summed E-state index contributed by atoms with van der Waals surface area (Å²) in [5, 5.41) is 0.739. The van der Waals surface area contributed by atoms with Gasteiger partial charge >= 0.3 is 0 Å². The first-order chi connectivity index (χ1) is 13.7. The van der Waals surface area contributed by atoms with Gasteiger partial charge in [0.15, 0.2) is 5.13 Å². The Labute approximate surface area is 177 Å². The smallest absolute Gasteiger partial charge is 0.260 e. The molecule has 1 aromatic heterocycles. The van der Waals surface area contributed by atoms with Gasteiger partial charge in [0.05, 0.1) is 22.9 Å². The molecule has 0 bridgehead atoms. The fraction of sp³-hybridized carbons (Fsp3) is 0.333. The Kier molecular flexibility index (Phi) is 6.25. The number of rotatable bonds is 6. The summed E-state index contributed by atoms with van der Waals surface area (Å²) in [5.74, 6) is -0.0210. The van der Waals surface area contributed by atoms with Crippen molar-refractivity contribution in [2.45, 2.75) is 28.7 Å². The summed E-state index contributed by atoms with van der Waals surface area (Å²) in [6.07, 6.45) is 6.20. The van der Waals surface area contributed by atoms with Gasteiger partial charge in [0, 0.05) is 22.0 Å². The Bertz CT molecular complexity index is 965. The maximum absolute atomic E-state index is 13.4. The van der Waals surface area contributed by atoms with Gasteiger partial charge in [0.2, 0.25) is 0 Å². The van der Waals surface area contributed by atoms with Gasteiger partial charge in [-0.25, -0.2) is 4.98 Å². The summed E-state index contributed by atoms with van der Waals surface area (Å²) in [6.45, 7) is 1.31. The van der Waals surface area contributed by atoms with E-state index in [-0.39, 0.29) is 12.0 Å². The third-order valence-corrected chi connectivity index (χ3v) is 7.32. The van der Waals surface area contributed by atoms with E-state index in [1.54, 1.807) is 39.8 Å². The zero-order valence-corrected chi connectivity index (χ0v) is 18.3. The van der Waals surface area contributed by atoms with E-state index in [9.17, 15) is 4.79 Å². The van der Waals surface area contributed by atoms with Crippen molar-refractivity contribution < 1.29 is 9.53 Å². The number of ether oxygens (including phenoxy) is 1. The molecular formula is C21H22N2O2S3. The predicted molar refractivity (Wildman–Crippen MR) is 120 cm³/mol. The van der Waals surface area contributed by atoms with Crippen LogP contribution in [0.2, 0.25) is 0 Å². The minimum absolute atomic E-state index is 0.0210. The molecule has 4 rings (SSSR count). The van der Waals surface area contributed by atoms with Crippen LogP contribution in [0.15, 0.2) is 52.3 Å². The molecule has 3 aromatic rings. The summed E-state index contributed by atoms with van der Waals surface area (Å²) >= 11 is 4.95. The number of carbonyl (C=O) groups excluding carboxylic acids is 1. The Morgan fingerprint density at radius 1 is 1.18 bits per heavy atom. The fourth-order valence-corrected chi connectivity index (χ4v) is 5.20. The van der Waals surface area contributed by atoms with Crippen LogP contribution in [0.1, 0.15) is 23.2 Å². The standard InChI is InChI=1S/C21H22N2O2S3/c1-26-16-7-5-14(6-8-16)20(24)23(13-15-4-3-11-25-15)21-22-18-10-9-17(27-2)12-19(18)28-21/h5-10,12,15H,3-4,11,13H2,1-2H3. The molecule has 146 valence electrons. The Morgan fingerprint density at radius 3 is 2.61 bits per heavy atom. The lowest BCUT2D eigenvalue weighted by Gasteiger charge is -2.23. The van der Waals surface area contributed by atoms with Crippen molar-refractivity contribution in [1.82, 2.24) is 4.98 Å². The third-order valence-electron chi connectivity index (χ3n) is 4.81. The van der Waals surface area contributed by atoms with Gasteiger partial charge in [-0.15, -0.1) is 23.5 Å². The topological polar surface area (TPSA) is 42.4 Å².